The van der Waals surface area contributed by atoms with E-state index in [-0.39, 0.29) is 23.5 Å². The van der Waals surface area contributed by atoms with E-state index in [4.69, 9.17) is 16.0 Å². The second-order valence-electron chi connectivity index (χ2n) is 3.45. The van der Waals surface area contributed by atoms with Crippen molar-refractivity contribution in [2.24, 2.45) is 0 Å². The minimum Gasteiger partial charge on any atom is -0.407 e. The van der Waals surface area contributed by atoms with E-state index in [1.165, 1.54) is 12.1 Å². The SMILES string of the molecule is FC(F)(F)Oc1cc(Br)ccc1Nc1nnc(CCl)o1. The predicted molar refractivity (Wildman–Crippen MR) is 68.0 cm³/mol. The van der Waals surface area contributed by atoms with Crippen LogP contribution >= 0.6 is 27.5 Å². The van der Waals surface area contributed by atoms with Crippen LogP contribution in [0.1, 0.15) is 5.89 Å². The number of alkyl halides is 4. The number of benzene rings is 1. The van der Waals surface area contributed by atoms with Crippen molar-refractivity contribution < 1.29 is 22.3 Å². The molecule has 0 aliphatic heterocycles. The zero-order valence-electron chi connectivity index (χ0n) is 9.54. The highest BCUT2D eigenvalue weighted by molar-refractivity contribution is 9.10. The lowest BCUT2D eigenvalue weighted by molar-refractivity contribution is -0.274. The fraction of sp³-hybridized carbons (Fsp3) is 0.200. The first-order valence-electron chi connectivity index (χ1n) is 5.08. The van der Waals surface area contributed by atoms with Gasteiger partial charge in [0.1, 0.15) is 5.88 Å². The van der Waals surface area contributed by atoms with Gasteiger partial charge in [0.05, 0.1) is 5.69 Å². The van der Waals surface area contributed by atoms with Gasteiger partial charge < -0.3 is 14.5 Å². The van der Waals surface area contributed by atoms with Gasteiger partial charge in [0.15, 0.2) is 5.75 Å². The van der Waals surface area contributed by atoms with Crippen molar-refractivity contribution in [2.75, 3.05) is 5.32 Å². The van der Waals surface area contributed by atoms with E-state index >= 15 is 0 Å². The van der Waals surface area contributed by atoms with E-state index in [1.54, 1.807) is 0 Å². The molecule has 0 aliphatic carbocycles. The van der Waals surface area contributed by atoms with Gasteiger partial charge in [-0.2, -0.15) is 0 Å². The molecule has 0 saturated heterocycles. The summed E-state index contributed by atoms with van der Waals surface area (Å²) < 4.78 is 46.3. The summed E-state index contributed by atoms with van der Waals surface area (Å²) in [7, 11) is 0. The minimum atomic E-state index is -4.81. The number of ether oxygens (including phenoxy) is 1. The molecule has 10 heteroatoms. The molecule has 0 aliphatic rings. The molecule has 0 amide bonds. The van der Waals surface area contributed by atoms with Crippen LogP contribution in [-0.4, -0.2) is 16.6 Å². The van der Waals surface area contributed by atoms with Crippen LogP contribution < -0.4 is 10.1 Å². The van der Waals surface area contributed by atoms with Crippen LogP contribution in [0.3, 0.4) is 0 Å². The highest BCUT2D eigenvalue weighted by atomic mass is 79.9. The van der Waals surface area contributed by atoms with Crippen molar-refractivity contribution in [1.29, 1.82) is 0 Å². The van der Waals surface area contributed by atoms with Crippen molar-refractivity contribution >= 4 is 39.2 Å². The van der Waals surface area contributed by atoms with Gasteiger partial charge in [0.2, 0.25) is 5.89 Å². The Morgan fingerprint density at radius 2 is 2.10 bits per heavy atom. The quantitative estimate of drug-likeness (QED) is 0.815. The number of rotatable bonds is 4. The lowest BCUT2D eigenvalue weighted by atomic mass is 10.3. The van der Waals surface area contributed by atoms with Gasteiger partial charge >= 0.3 is 12.4 Å². The maximum Gasteiger partial charge on any atom is 0.573 e. The molecule has 0 fully saturated rings. The van der Waals surface area contributed by atoms with Crippen LogP contribution in [-0.2, 0) is 5.88 Å². The number of hydrogen-bond donors (Lipinski definition) is 1. The summed E-state index contributed by atoms with van der Waals surface area (Å²) in [5.41, 5.74) is 0.0234. The van der Waals surface area contributed by atoms with E-state index in [9.17, 15) is 13.2 Å². The highest BCUT2D eigenvalue weighted by Gasteiger charge is 2.32. The van der Waals surface area contributed by atoms with Gasteiger partial charge in [0.25, 0.3) is 0 Å². The highest BCUT2D eigenvalue weighted by Crippen LogP contribution is 2.34. The van der Waals surface area contributed by atoms with E-state index in [2.05, 4.69) is 36.2 Å². The van der Waals surface area contributed by atoms with Crippen molar-refractivity contribution in [1.82, 2.24) is 10.2 Å². The molecule has 1 aromatic carbocycles. The Bertz CT molecular complexity index is 606. The second-order valence-corrected chi connectivity index (χ2v) is 4.63. The van der Waals surface area contributed by atoms with Crippen LogP contribution in [0.2, 0.25) is 0 Å². The Labute approximate surface area is 124 Å². The summed E-state index contributed by atoms with van der Waals surface area (Å²) >= 11 is 8.54. The number of anilines is 2. The summed E-state index contributed by atoms with van der Waals surface area (Å²) in [5, 5.41) is 9.68. The molecule has 1 aromatic heterocycles. The number of nitrogens with zero attached hydrogens (tertiary/aromatic N) is 2. The number of nitrogens with one attached hydrogen (secondary N) is 1. The summed E-state index contributed by atoms with van der Waals surface area (Å²) in [6.45, 7) is 0. The number of halogens is 5. The average molecular weight is 373 g/mol. The third kappa shape index (κ3) is 4.01. The van der Waals surface area contributed by atoms with Crippen molar-refractivity contribution in [3.05, 3.63) is 28.6 Å². The maximum absolute atomic E-state index is 12.3. The largest absolute Gasteiger partial charge is 0.573 e. The third-order valence-electron chi connectivity index (χ3n) is 1.99. The molecular formula is C10H6BrClF3N3O2. The smallest absolute Gasteiger partial charge is 0.407 e. The Morgan fingerprint density at radius 3 is 2.70 bits per heavy atom. The van der Waals surface area contributed by atoms with Crippen LogP contribution in [0.4, 0.5) is 24.9 Å². The van der Waals surface area contributed by atoms with Crippen LogP contribution in [0.25, 0.3) is 0 Å². The molecule has 108 valence electrons. The molecule has 1 heterocycles. The monoisotopic (exact) mass is 371 g/mol. The molecule has 0 radical (unpaired) electrons. The molecule has 5 nitrogen and oxygen atoms in total. The third-order valence-corrected chi connectivity index (χ3v) is 2.71. The average Bonchev–Trinajstić information content (AvgIpc) is 2.78. The maximum atomic E-state index is 12.3. The van der Waals surface area contributed by atoms with Crippen LogP contribution in [0, 0.1) is 0 Å². The molecule has 0 atom stereocenters. The Morgan fingerprint density at radius 1 is 1.35 bits per heavy atom. The van der Waals surface area contributed by atoms with E-state index in [0.29, 0.717) is 4.47 Å². The molecule has 2 aromatic rings. The first-order valence-corrected chi connectivity index (χ1v) is 6.41. The molecule has 0 spiro atoms. The number of aromatic nitrogens is 2. The van der Waals surface area contributed by atoms with Crippen molar-refractivity contribution in [3.8, 4) is 5.75 Å². The van der Waals surface area contributed by atoms with Crippen molar-refractivity contribution in [3.63, 3.8) is 0 Å². The molecule has 20 heavy (non-hydrogen) atoms. The predicted octanol–water partition coefficient (Wildman–Crippen LogP) is 4.21. The lowest BCUT2D eigenvalue weighted by Gasteiger charge is -2.13. The number of hydrogen-bond acceptors (Lipinski definition) is 5. The van der Waals surface area contributed by atoms with Gasteiger partial charge in [-0.3, -0.25) is 0 Å². The second kappa shape index (κ2) is 5.88. The van der Waals surface area contributed by atoms with Crippen LogP contribution in [0.5, 0.6) is 5.75 Å². The molecular weight excluding hydrogens is 366 g/mol. The minimum absolute atomic E-state index is 0.000919. The van der Waals surface area contributed by atoms with Gasteiger partial charge in [-0.15, -0.1) is 29.9 Å². The normalized spacial score (nSPS) is 11.4. The molecule has 0 saturated carbocycles. The topological polar surface area (TPSA) is 60.2 Å². The van der Waals surface area contributed by atoms with Crippen molar-refractivity contribution in [2.45, 2.75) is 12.2 Å². The standard InChI is InChI=1S/C10H6BrClF3N3O2/c11-5-1-2-6(7(3-5)20-10(13,14)15)16-9-18-17-8(4-12)19-9/h1-3H,4H2,(H,16,18). The Hall–Kier alpha value is -1.48. The lowest BCUT2D eigenvalue weighted by Crippen LogP contribution is -2.18. The van der Waals surface area contributed by atoms with Gasteiger partial charge in [0, 0.05) is 4.47 Å². The van der Waals surface area contributed by atoms with E-state index in [0.717, 1.165) is 6.07 Å². The molecule has 2 rings (SSSR count). The molecule has 0 bridgehead atoms. The summed E-state index contributed by atoms with van der Waals surface area (Å²) in [6.07, 6.45) is -4.81. The zero-order valence-corrected chi connectivity index (χ0v) is 11.9. The molecule has 1 N–H and O–H groups in total. The Balaban J connectivity index is 2.26. The van der Waals surface area contributed by atoms with Gasteiger partial charge in [-0.25, -0.2) is 0 Å². The van der Waals surface area contributed by atoms with Gasteiger partial charge in [-0.1, -0.05) is 21.0 Å². The van der Waals surface area contributed by atoms with E-state index < -0.39 is 12.1 Å². The summed E-state index contributed by atoms with van der Waals surface area (Å²) in [4.78, 5) is 0. The van der Waals surface area contributed by atoms with Crippen LogP contribution in [0.15, 0.2) is 27.1 Å². The fourth-order valence-corrected chi connectivity index (χ4v) is 1.73. The first-order chi connectivity index (χ1) is 9.37. The van der Waals surface area contributed by atoms with E-state index in [1.807, 2.05) is 0 Å². The first kappa shape index (κ1) is 14.9. The fourth-order valence-electron chi connectivity index (χ4n) is 1.28. The zero-order chi connectivity index (χ0) is 14.8. The Kier molecular flexibility index (Phi) is 4.39. The molecule has 0 unspecified atom stereocenters. The summed E-state index contributed by atoms with van der Waals surface area (Å²) in [6, 6.07) is 3.98. The van der Waals surface area contributed by atoms with Gasteiger partial charge in [-0.05, 0) is 18.2 Å². The summed E-state index contributed by atoms with van der Waals surface area (Å²) in [5.74, 6) is -0.289.